The van der Waals surface area contributed by atoms with Gasteiger partial charge < -0.3 is 14.6 Å². The zero-order chi connectivity index (χ0) is 18.5. The molecule has 0 atom stereocenters. The Kier molecular flexibility index (Phi) is 10.4. The number of furan rings is 1. The van der Waals surface area contributed by atoms with Crippen LogP contribution < -0.4 is 0 Å². The molecule has 1 aromatic rings. The van der Waals surface area contributed by atoms with Gasteiger partial charge in [0.05, 0.1) is 0 Å². The highest BCUT2D eigenvalue weighted by Crippen LogP contribution is 2.16. The van der Waals surface area contributed by atoms with Crippen LogP contribution in [0.3, 0.4) is 0 Å². The third-order valence-corrected chi connectivity index (χ3v) is 4.21. The number of hydrogen-bond donors (Lipinski definition) is 2. The van der Waals surface area contributed by atoms with E-state index in [0.717, 1.165) is 31.1 Å². The fourth-order valence-electron chi connectivity index (χ4n) is 2.75. The number of aryl methyl sites for hydroxylation is 1. The van der Waals surface area contributed by atoms with Crippen molar-refractivity contribution >= 4 is 18.0 Å². The Morgan fingerprint density at radius 3 is 1.92 bits per heavy atom. The molecule has 25 heavy (non-hydrogen) atoms. The molecular formula is C20H30O5. The highest BCUT2D eigenvalue weighted by atomic mass is 16.4. The van der Waals surface area contributed by atoms with E-state index in [9.17, 15) is 9.59 Å². The molecule has 2 N–H and O–H groups in total. The van der Waals surface area contributed by atoms with Crippen LogP contribution in [-0.2, 0) is 16.0 Å². The summed E-state index contributed by atoms with van der Waals surface area (Å²) >= 11 is 0. The Labute approximate surface area is 149 Å². The molecule has 1 aromatic heterocycles. The first-order chi connectivity index (χ1) is 12.0. The Morgan fingerprint density at radius 2 is 1.40 bits per heavy atom. The topological polar surface area (TPSA) is 87.7 Å². The largest absolute Gasteiger partial charge is 0.477 e. The molecule has 5 heteroatoms. The maximum absolute atomic E-state index is 10.8. The predicted molar refractivity (Wildman–Crippen MR) is 97.5 cm³/mol. The Bertz CT molecular complexity index is 540. The molecule has 0 aromatic carbocycles. The summed E-state index contributed by atoms with van der Waals surface area (Å²) in [5.74, 6) is -1.91. The summed E-state index contributed by atoms with van der Waals surface area (Å²) in [7, 11) is 0. The van der Waals surface area contributed by atoms with Gasteiger partial charge in [-0.15, -0.1) is 0 Å². The molecule has 1 heterocycles. The zero-order valence-electron chi connectivity index (χ0n) is 15.1. The van der Waals surface area contributed by atoms with Crippen molar-refractivity contribution in [2.45, 2.75) is 77.6 Å². The second-order valence-corrected chi connectivity index (χ2v) is 6.40. The molecule has 0 saturated heterocycles. The lowest BCUT2D eigenvalue weighted by molar-refractivity contribution is -0.140. The van der Waals surface area contributed by atoms with Crippen molar-refractivity contribution in [3.05, 3.63) is 29.2 Å². The smallest absolute Gasteiger partial charge is 0.343 e. The minimum atomic E-state index is -1.47. The molecule has 0 amide bonds. The van der Waals surface area contributed by atoms with Crippen molar-refractivity contribution in [1.29, 1.82) is 0 Å². The summed E-state index contributed by atoms with van der Waals surface area (Å²) in [6.07, 6.45) is 14.5. The number of unbranched alkanes of at least 4 members (excludes halogenated alkanes) is 9. The molecule has 140 valence electrons. The van der Waals surface area contributed by atoms with Gasteiger partial charge in [0.1, 0.15) is 17.1 Å². The van der Waals surface area contributed by atoms with E-state index in [1.54, 1.807) is 12.1 Å². The van der Waals surface area contributed by atoms with Crippen molar-refractivity contribution in [2.75, 3.05) is 0 Å². The van der Waals surface area contributed by atoms with Gasteiger partial charge in [-0.05, 0) is 18.6 Å². The lowest BCUT2D eigenvalue weighted by Gasteiger charge is -2.01. The van der Waals surface area contributed by atoms with Gasteiger partial charge in [-0.2, -0.15) is 0 Å². The molecule has 1 rings (SSSR count). The van der Waals surface area contributed by atoms with Crippen LogP contribution in [0.15, 0.2) is 22.1 Å². The van der Waals surface area contributed by atoms with Crippen LogP contribution in [0.5, 0.6) is 0 Å². The Balaban J connectivity index is 2.21. The molecule has 0 aliphatic rings. The van der Waals surface area contributed by atoms with E-state index in [2.05, 4.69) is 6.92 Å². The number of carboxylic acids is 2. The van der Waals surface area contributed by atoms with E-state index in [1.807, 2.05) is 0 Å². The highest BCUT2D eigenvalue weighted by molar-refractivity contribution is 6.16. The van der Waals surface area contributed by atoms with Crippen LogP contribution in [0.25, 0.3) is 6.08 Å². The van der Waals surface area contributed by atoms with Crippen molar-refractivity contribution in [2.24, 2.45) is 0 Å². The molecule has 0 aliphatic heterocycles. The summed E-state index contributed by atoms with van der Waals surface area (Å²) in [6.45, 7) is 2.23. The van der Waals surface area contributed by atoms with Gasteiger partial charge in [0, 0.05) is 12.5 Å². The van der Waals surface area contributed by atoms with Crippen molar-refractivity contribution in [3.8, 4) is 0 Å². The van der Waals surface area contributed by atoms with E-state index in [0.29, 0.717) is 0 Å². The van der Waals surface area contributed by atoms with Crippen molar-refractivity contribution < 1.29 is 24.2 Å². The molecule has 0 unspecified atom stereocenters. The summed E-state index contributed by atoms with van der Waals surface area (Å²) in [4.78, 5) is 21.7. The fourth-order valence-corrected chi connectivity index (χ4v) is 2.75. The highest BCUT2D eigenvalue weighted by Gasteiger charge is 2.16. The van der Waals surface area contributed by atoms with E-state index in [4.69, 9.17) is 14.6 Å². The van der Waals surface area contributed by atoms with Crippen LogP contribution in [0, 0.1) is 0 Å². The normalized spacial score (nSPS) is 10.6. The first-order valence-electron chi connectivity index (χ1n) is 9.31. The van der Waals surface area contributed by atoms with Gasteiger partial charge in [0.15, 0.2) is 0 Å². The molecule has 0 spiro atoms. The summed E-state index contributed by atoms with van der Waals surface area (Å²) in [5, 5.41) is 17.7. The summed E-state index contributed by atoms with van der Waals surface area (Å²) in [6, 6.07) is 3.39. The summed E-state index contributed by atoms with van der Waals surface area (Å²) < 4.78 is 5.49. The van der Waals surface area contributed by atoms with Gasteiger partial charge in [-0.1, -0.05) is 64.7 Å². The minimum absolute atomic E-state index is 0.266. The van der Waals surface area contributed by atoms with Crippen LogP contribution in [0.4, 0.5) is 0 Å². The molecule has 0 bridgehead atoms. The molecule has 0 fully saturated rings. The third kappa shape index (κ3) is 9.13. The molecule has 0 aliphatic carbocycles. The number of carboxylic acid groups (broad SMARTS) is 2. The fraction of sp³-hybridized carbons (Fsp3) is 0.600. The first kappa shape index (κ1) is 21.0. The van der Waals surface area contributed by atoms with E-state index in [1.165, 1.54) is 51.4 Å². The van der Waals surface area contributed by atoms with Gasteiger partial charge >= 0.3 is 11.9 Å². The minimum Gasteiger partial charge on any atom is -0.477 e. The SMILES string of the molecule is CCCCCCCCCCCCc1ccc(C=C(C(=O)O)C(=O)O)o1. The zero-order valence-corrected chi connectivity index (χ0v) is 15.1. The van der Waals surface area contributed by atoms with Gasteiger partial charge in [0.2, 0.25) is 0 Å². The Morgan fingerprint density at radius 1 is 0.880 bits per heavy atom. The van der Waals surface area contributed by atoms with Crippen LogP contribution in [0.1, 0.15) is 82.7 Å². The van der Waals surface area contributed by atoms with E-state index in [-0.39, 0.29) is 5.76 Å². The average molecular weight is 350 g/mol. The second-order valence-electron chi connectivity index (χ2n) is 6.40. The standard InChI is InChI=1S/C20H30O5/c1-2-3-4-5-6-7-8-9-10-11-12-16-13-14-17(25-16)15-18(19(21)22)20(23)24/h13-15H,2-12H2,1H3,(H,21,22)(H,23,24). The van der Waals surface area contributed by atoms with Gasteiger partial charge in [-0.25, -0.2) is 9.59 Å². The predicted octanol–water partition coefficient (Wildman–Crippen LogP) is 5.30. The maximum atomic E-state index is 10.8. The first-order valence-corrected chi connectivity index (χ1v) is 9.31. The number of rotatable bonds is 14. The van der Waals surface area contributed by atoms with Crippen LogP contribution in [0.2, 0.25) is 0 Å². The third-order valence-electron chi connectivity index (χ3n) is 4.21. The van der Waals surface area contributed by atoms with Gasteiger partial charge in [-0.3, -0.25) is 0 Å². The van der Waals surface area contributed by atoms with Crippen LogP contribution >= 0.6 is 0 Å². The number of carbonyl (C=O) groups is 2. The van der Waals surface area contributed by atoms with E-state index < -0.39 is 17.5 Å². The second kappa shape index (κ2) is 12.3. The number of hydrogen-bond acceptors (Lipinski definition) is 3. The van der Waals surface area contributed by atoms with Crippen molar-refractivity contribution in [3.63, 3.8) is 0 Å². The van der Waals surface area contributed by atoms with Crippen LogP contribution in [-0.4, -0.2) is 22.2 Å². The maximum Gasteiger partial charge on any atom is 0.343 e. The summed E-state index contributed by atoms with van der Waals surface area (Å²) in [5.41, 5.74) is -0.695. The molecule has 5 nitrogen and oxygen atoms in total. The molecule has 0 radical (unpaired) electrons. The quantitative estimate of drug-likeness (QED) is 0.206. The number of aliphatic carboxylic acids is 2. The molecule has 0 saturated carbocycles. The lowest BCUT2D eigenvalue weighted by Crippen LogP contribution is -2.10. The Hall–Kier alpha value is -2.04. The monoisotopic (exact) mass is 350 g/mol. The lowest BCUT2D eigenvalue weighted by atomic mass is 10.1. The van der Waals surface area contributed by atoms with Crippen molar-refractivity contribution in [1.82, 2.24) is 0 Å². The molecular weight excluding hydrogens is 320 g/mol. The van der Waals surface area contributed by atoms with E-state index >= 15 is 0 Å². The van der Waals surface area contributed by atoms with Gasteiger partial charge in [0.25, 0.3) is 0 Å². The average Bonchev–Trinajstić information content (AvgIpc) is 3.01.